The van der Waals surface area contributed by atoms with Crippen LogP contribution in [0, 0.1) is 23.7 Å². The number of aliphatic hydroxyl groups is 8. The summed E-state index contributed by atoms with van der Waals surface area (Å²) in [7, 11) is 2.09. The molecule has 15 heteroatoms. The maximum absolute atomic E-state index is 13.4. The van der Waals surface area contributed by atoms with Crippen molar-refractivity contribution >= 4 is 27.7 Å². The van der Waals surface area contributed by atoms with Gasteiger partial charge in [0.2, 0.25) is 5.91 Å². The molecule has 3 aliphatic rings. The molecule has 0 aliphatic carbocycles. The Morgan fingerprint density at radius 1 is 0.731 bits per heavy atom. The number of nitrogens with zero attached hydrogens (tertiary/aromatic N) is 3. The molecule has 4 heterocycles. The van der Waals surface area contributed by atoms with E-state index in [2.05, 4.69) is 45.8 Å². The molecule has 0 spiro atoms. The number of carbonyl (C=O) groups is 1. The smallest absolute Gasteiger partial charge is 0.240 e. The third kappa shape index (κ3) is 8.12. The van der Waals surface area contributed by atoms with E-state index < -0.39 is 74.3 Å². The van der Waals surface area contributed by atoms with E-state index in [9.17, 15) is 45.6 Å². The molecule has 1 aromatic heterocycles. The zero-order chi connectivity index (χ0) is 37.1. The lowest BCUT2D eigenvalue weighted by atomic mass is 9.95. The van der Waals surface area contributed by atoms with Gasteiger partial charge in [0.05, 0.1) is 24.2 Å². The van der Waals surface area contributed by atoms with E-state index in [-0.39, 0.29) is 12.5 Å². The fourth-order valence-electron chi connectivity index (χ4n) is 6.80. The normalized spacial score (nSPS) is 31.5. The van der Waals surface area contributed by atoms with Crippen LogP contribution in [0.1, 0.15) is 11.1 Å². The summed E-state index contributed by atoms with van der Waals surface area (Å²) in [4.78, 5) is 18.0. The quantitative estimate of drug-likeness (QED) is 0.109. The highest BCUT2D eigenvalue weighted by molar-refractivity contribution is 6.09. The fraction of sp³-hybridized carbons (Fsp3) is 0.541. The SMILES string of the molecule is CN1CCN(CCNC(=O)Cn2c3cc(C#C[C@H]4O[C@H](CO)[C@@H](O)[C@H](O)[C@@H]4O)ccc3c3ccc(C#C[C@H]4O[C@H](CO)[C@@H](O)[C@H](O)[C@@H]4O)cc32)CC1. The van der Waals surface area contributed by atoms with Crippen molar-refractivity contribution in [3.05, 3.63) is 47.5 Å². The molecule has 9 N–H and O–H groups in total. The number of piperazine rings is 1. The number of likely N-dealkylation sites (N-methyl/N-ethyl adjacent to an activating group) is 1. The van der Waals surface area contributed by atoms with Crippen molar-refractivity contribution in [2.24, 2.45) is 0 Å². The number of ether oxygens (including phenoxy) is 2. The molecule has 0 saturated carbocycles. The summed E-state index contributed by atoms with van der Waals surface area (Å²) in [6.07, 6.45) is -13.6. The van der Waals surface area contributed by atoms with Gasteiger partial charge < -0.3 is 65.1 Å². The molecule has 1 amide bonds. The molecule has 0 radical (unpaired) electrons. The van der Waals surface area contributed by atoms with Gasteiger partial charge in [-0.25, -0.2) is 0 Å². The minimum atomic E-state index is -1.55. The van der Waals surface area contributed by atoms with Crippen LogP contribution in [0.25, 0.3) is 21.8 Å². The van der Waals surface area contributed by atoms with Crippen LogP contribution in [0.2, 0.25) is 0 Å². The lowest BCUT2D eigenvalue weighted by Gasteiger charge is -2.37. The molecule has 2 aromatic carbocycles. The van der Waals surface area contributed by atoms with Crippen LogP contribution >= 0.6 is 0 Å². The standard InChI is InChI=1S/C37H46N4O11/c1-39-12-14-40(15-13-39)11-10-38-31(44)18-41-25-16-21(4-8-27-32(45)36(49)34(47)29(19-42)51-27)2-6-23(25)24-7-3-22(17-26(24)41)5-9-28-33(46)37(50)35(48)30(20-43)52-28/h2-3,6-7,16-17,27-30,32-37,42-43,45-50H,10-15,18-20H2,1H3,(H,38,44)/t27-,28-,29-,30-,32-,33-,34-,35-,36-,37-/m1/s1. The fourth-order valence-corrected chi connectivity index (χ4v) is 6.80. The third-order valence-corrected chi connectivity index (χ3v) is 10.0. The highest BCUT2D eigenvalue weighted by Crippen LogP contribution is 2.31. The number of nitrogens with one attached hydrogen (secondary N) is 1. The van der Waals surface area contributed by atoms with Crippen LogP contribution in [-0.2, 0) is 20.8 Å². The first-order valence-corrected chi connectivity index (χ1v) is 17.4. The molecule has 6 rings (SSSR count). The monoisotopic (exact) mass is 722 g/mol. The van der Waals surface area contributed by atoms with Crippen LogP contribution in [0.15, 0.2) is 36.4 Å². The summed E-state index contributed by atoms with van der Waals surface area (Å²) in [6.45, 7) is 3.83. The van der Waals surface area contributed by atoms with Gasteiger partial charge in [-0.1, -0.05) is 35.8 Å². The Balaban J connectivity index is 1.30. The molecule has 3 saturated heterocycles. The van der Waals surface area contributed by atoms with E-state index in [0.717, 1.165) is 43.5 Å². The Hall–Kier alpha value is -3.65. The second kappa shape index (κ2) is 16.6. The van der Waals surface area contributed by atoms with Crippen LogP contribution in [0.4, 0.5) is 0 Å². The zero-order valence-corrected chi connectivity index (χ0v) is 28.7. The highest BCUT2D eigenvalue weighted by Gasteiger charge is 2.43. The van der Waals surface area contributed by atoms with Gasteiger partial charge in [-0.3, -0.25) is 9.69 Å². The number of carbonyl (C=O) groups excluding carboxylic acids is 1. The molecule has 10 atom stereocenters. The van der Waals surface area contributed by atoms with Crippen molar-refractivity contribution in [3.63, 3.8) is 0 Å². The molecule has 52 heavy (non-hydrogen) atoms. The average molecular weight is 723 g/mol. The summed E-state index contributed by atoms with van der Waals surface area (Å²) in [6, 6.07) is 10.8. The number of aliphatic hydroxyl groups excluding tert-OH is 8. The minimum absolute atomic E-state index is 0.0318. The number of aromatic nitrogens is 1. The van der Waals surface area contributed by atoms with E-state index in [4.69, 9.17) is 9.47 Å². The van der Waals surface area contributed by atoms with E-state index >= 15 is 0 Å². The molecular formula is C37H46N4O11. The third-order valence-electron chi connectivity index (χ3n) is 10.0. The predicted octanol–water partition coefficient (Wildman–Crippen LogP) is -3.45. The van der Waals surface area contributed by atoms with Gasteiger partial charge in [0, 0.05) is 61.2 Å². The van der Waals surface area contributed by atoms with Gasteiger partial charge in [0.15, 0.2) is 0 Å². The number of benzene rings is 2. The first-order valence-electron chi connectivity index (χ1n) is 17.4. The largest absolute Gasteiger partial charge is 0.394 e. The number of fused-ring (bicyclic) bond motifs is 3. The molecule has 280 valence electrons. The molecule has 15 nitrogen and oxygen atoms in total. The van der Waals surface area contributed by atoms with Gasteiger partial charge in [-0.05, 0) is 31.3 Å². The Morgan fingerprint density at radius 3 is 1.67 bits per heavy atom. The predicted molar refractivity (Wildman–Crippen MR) is 188 cm³/mol. The van der Waals surface area contributed by atoms with E-state index in [1.54, 1.807) is 24.3 Å². The number of rotatable bonds is 7. The highest BCUT2D eigenvalue weighted by atomic mass is 16.5. The first-order chi connectivity index (χ1) is 25.0. The van der Waals surface area contributed by atoms with Crippen LogP contribution < -0.4 is 5.32 Å². The zero-order valence-electron chi connectivity index (χ0n) is 28.7. The van der Waals surface area contributed by atoms with E-state index in [1.165, 1.54) is 0 Å². The first kappa shape index (κ1) is 38.1. The summed E-state index contributed by atoms with van der Waals surface area (Å²) in [5.74, 6) is 11.3. The Morgan fingerprint density at radius 2 is 1.21 bits per heavy atom. The summed E-state index contributed by atoms with van der Waals surface area (Å²) in [5.41, 5.74) is 2.41. The van der Waals surface area contributed by atoms with Crippen molar-refractivity contribution in [1.29, 1.82) is 0 Å². The molecule has 3 aromatic rings. The van der Waals surface area contributed by atoms with Crippen LogP contribution in [0.5, 0.6) is 0 Å². The lowest BCUT2D eigenvalue weighted by Crippen LogP contribution is -2.58. The van der Waals surface area contributed by atoms with Crippen molar-refractivity contribution in [1.82, 2.24) is 19.7 Å². The molecule has 0 bridgehead atoms. The van der Waals surface area contributed by atoms with Crippen LogP contribution in [0.3, 0.4) is 0 Å². The van der Waals surface area contributed by atoms with Gasteiger partial charge in [-0.2, -0.15) is 0 Å². The van der Waals surface area contributed by atoms with Crippen molar-refractivity contribution in [3.8, 4) is 23.7 Å². The Labute approximate surface area is 300 Å². The number of hydrogen-bond donors (Lipinski definition) is 9. The van der Waals surface area contributed by atoms with E-state index in [0.29, 0.717) is 28.7 Å². The molecule has 3 fully saturated rings. The Kier molecular flexibility index (Phi) is 12.1. The second-order valence-corrected chi connectivity index (χ2v) is 13.6. The maximum Gasteiger partial charge on any atom is 0.240 e. The van der Waals surface area contributed by atoms with Gasteiger partial charge in [0.25, 0.3) is 0 Å². The van der Waals surface area contributed by atoms with Crippen molar-refractivity contribution in [2.45, 2.75) is 67.6 Å². The average Bonchev–Trinajstić information content (AvgIpc) is 3.44. The van der Waals surface area contributed by atoms with E-state index in [1.807, 2.05) is 16.7 Å². The van der Waals surface area contributed by atoms with Crippen LogP contribution in [-0.4, -0.2) is 182 Å². The molecule has 3 aliphatic heterocycles. The van der Waals surface area contributed by atoms with Gasteiger partial charge in [0.1, 0.15) is 67.6 Å². The summed E-state index contributed by atoms with van der Waals surface area (Å²) < 4.78 is 12.9. The topological polar surface area (TPSA) is 221 Å². The summed E-state index contributed by atoms with van der Waals surface area (Å²) in [5, 5.41) is 85.3. The number of amides is 1. The van der Waals surface area contributed by atoms with Gasteiger partial charge in [-0.15, -0.1) is 0 Å². The van der Waals surface area contributed by atoms with Crippen molar-refractivity contribution < 1.29 is 55.1 Å². The number of hydrogen-bond acceptors (Lipinski definition) is 13. The Bertz CT molecular complexity index is 1740. The maximum atomic E-state index is 13.4. The summed E-state index contributed by atoms with van der Waals surface area (Å²) >= 11 is 0. The lowest BCUT2D eigenvalue weighted by molar-refractivity contribution is -0.214. The second-order valence-electron chi connectivity index (χ2n) is 13.6. The molecule has 0 unspecified atom stereocenters. The molecular weight excluding hydrogens is 676 g/mol. The minimum Gasteiger partial charge on any atom is -0.394 e. The van der Waals surface area contributed by atoms with Gasteiger partial charge >= 0.3 is 0 Å². The van der Waals surface area contributed by atoms with Crippen molar-refractivity contribution in [2.75, 3.05) is 59.5 Å².